The minimum Gasteiger partial charge on any atom is -0.457 e. The van der Waals surface area contributed by atoms with Gasteiger partial charge in [-0.05, 0) is 25.5 Å². The van der Waals surface area contributed by atoms with Crippen LogP contribution in [0, 0.1) is 0 Å². The number of aromatic nitrogens is 1. The maximum Gasteiger partial charge on any atom is 0.321 e. The van der Waals surface area contributed by atoms with Crippen LogP contribution in [0.15, 0.2) is 22.6 Å². The summed E-state index contributed by atoms with van der Waals surface area (Å²) in [4.78, 5) is 39.5. The number of carbonyl (C=O) groups is 3. The Morgan fingerprint density at radius 1 is 1.48 bits per heavy atom. The maximum absolute atomic E-state index is 11.8. The zero-order valence-electron chi connectivity index (χ0n) is 12.5. The summed E-state index contributed by atoms with van der Waals surface area (Å²) in [5.41, 5.74) is 1.18. The summed E-state index contributed by atoms with van der Waals surface area (Å²) in [6.07, 6.45) is 1.69. The predicted octanol–water partition coefficient (Wildman–Crippen LogP) is 1.47. The number of urea groups is 1. The number of imide groups is 1. The molecule has 1 atom stereocenters. The number of nitrogens with zero attached hydrogens (tertiary/aromatic N) is 2. The highest BCUT2D eigenvalue weighted by Gasteiger charge is 2.23. The highest BCUT2D eigenvalue weighted by molar-refractivity contribution is 5.95. The molecule has 3 rings (SSSR count). The van der Waals surface area contributed by atoms with Gasteiger partial charge in [0.2, 0.25) is 12.3 Å². The number of hydrogen-bond acceptors (Lipinski definition) is 5. The van der Waals surface area contributed by atoms with Gasteiger partial charge in [0.25, 0.3) is 0 Å². The lowest BCUT2D eigenvalue weighted by atomic mass is 10.2. The van der Waals surface area contributed by atoms with Gasteiger partial charge in [-0.1, -0.05) is 0 Å². The summed E-state index contributed by atoms with van der Waals surface area (Å²) in [6, 6.07) is 4.18. The highest BCUT2D eigenvalue weighted by Crippen LogP contribution is 2.26. The van der Waals surface area contributed by atoms with Crippen LogP contribution < -0.4 is 15.5 Å². The molecule has 0 saturated carbocycles. The average Bonchev–Trinajstić information content (AvgIpc) is 3.12. The van der Waals surface area contributed by atoms with E-state index in [1.54, 1.807) is 30.0 Å². The second-order valence-corrected chi connectivity index (χ2v) is 5.31. The van der Waals surface area contributed by atoms with Gasteiger partial charge in [-0.25, -0.2) is 9.78 Å². The molecule has 2 aromatic rings. The molecular formula is C15H16N4O4. The lowest BCUT2D eigenvalue weighted by Gasteiger charge is -2.13. The smallest absolute Gasteiger partial charge is 0.321 e. The van der Waals surface area contributed by atoms with Crippen LogP contribution in [0.4, 0.5) is 10.6 Å². The Hall–Kier alpha value is -2.90. The Balaban J connectivity index is 1.82. The zero-order chi connectivity index (χ0) is 16.4. The number of furan rings is 1. The summed E-state index contributed by atoms with van der Waals surface area (Å²) >= 11 is 0. The SMILES string of the molecule is CC(NC(=O)NC=O)c1cc2nc(N3CCCC3=O)ccc2o1. The van der Waals surface area contributed by atoms with E-state index < -0.39 is 12.1 Å². The second kappa shape index (κ2) is 6.07. The molecule has 1 aliphatic heterocycles. The molecule has 0 radical (unpaired) electrons. The molecule has 0 aliphatic carbocycles. The fourth-order valence-electron chi connectivity index (χ4n) is 2.55. The van der Waals surface area contributed by atoms with Crippen molar-refractivity contribution in [1.29, 1.82) is 0 Å². The molecule has 23 heavy (non-hydrogen) atoms. The van der Waals surface area contributed by atoms with Crippen LogP contribution >= 0.6 is 0 Å². The van der Waals surface area contributed by atoms with Gasteiger partial charge in [-0.3, -0.25) is 19.8 Å². The van der Waals surface area contributed by atoms with E-state index in [1.165, 1.54) is 0 Å². The van der Waals surface area contributed by atoms with E-state index in [0.717, 1.165) is 6.42 Å². The molecule has 1 aliphatic rings. The molecule has 3 heterocycles. The third-order valence-electron chi connectivity index (χ3n) is 3.69. The topological polar surface area (TPSA) is 105 Å². The van der Waals surface area contributed by atoms with E-state index in [0.29, 0.717) is 42.1 Å². The lowest BCUT2D eigenvalue weighted by Crippen LogP contribution is -2.35. The minimum atomic E-state index is -0.607. The Bertz CT molecular complexity index is 770. The van der Waals surface area contributed by atoms with E-state index in [1.807, 2.05) is 5.32 Å². The summed E-state index contributed by atoms with van der Waals surface area (Å²) in [5, 5.41) is 4.57. The van der Waals surface area contributed by atoms with E-state index in [9.17, 15) is 14.4 Å². The van der Waals surface area contributed by atoms with Crippen molar-refractivity contribution in [3.05, 3.63) is 24.0 Å². The summed E-state index contributed by atoms with van der Waals surface area (Å²) in [6.45, 7) is 2.40. The molecule has 1 unspecified atom stereocenters. The van der Waals surface area contributed by atoms with Crippen LogP contribution in [0.3, 0.4) is 0 Å². The largest absolute Gasteiger partial charge is 0.457 e. The number of anilines is 1. The van der Waals surface area contributed by atoms with Crippen molar-refractivity contribution in [2.45, 2.75) is 25.8 Å². The number of nitrogens with one attached hydrogen (secondary N) is 2. The zero-order valence-corrected chi connectivity index (χ0v) is 12.5. The van der Waals surface area contributed by atoms with Gasteiger partial charge in [0.1, 0.15) is 17.1 Å². The fourth-order valence-corrected chi connectivity index (χ4v) is 2.55. The predicted molar refractivity (Wildman–Crippen MR) is 81.7 cm³/mol. The Kier molecular flexibility index (Phi) is 3.96. The summed E-state index contributed by atoms with van der Waals surface area (Å²) in [7, 11) is 0. The quantitative estimate of drug-likeness (QED) is 0.831. The number of hydrogen-bond donors (Lipinski definition) is 2. The van der Waals surface area contributed by atoms with Crippen LogP contribution in [-0.2, 0) is 9.59 Å². The molecule has 0 bridgehead atoms. The normalized spacial score (nSPS) is 15.7. The van der Waals surface area contributed by atoms with Gasteiger partial charge in [0.15, 0.2) is 5.58 Å². The number of amides is 4. The molecule has 1 saturated heterocycles. The molecule has 0 aromatic carbocycles. The number of carbonyl (C=O) groups excluding carboxylic acids is 3. The van der Waals surface area contributed by atoms with E-state index in [-0.39, 0.29) is 5.91 Å². The van der Waals surface area contributed by atoms with Gasteiger partial charge < -0.3 is 9.73 Å². The van der Waals surface area contributed by atoms with Crippen molar-refractivity contribution in [2.24, 2.45) is 0 Å². The second-order valence-electron chi connectivity index (χ2n) is 5.31. The van der Waals surface area contributed by atoms with Crippen molar-refractivity contribution in [3.8, 4) is 0 Å². The Morgan fingerprint density at radius 2 is 2.30 bits per heavy atom. The van der Waals surface area contributed by atoms with Crippen molar-refractivity contribution in [2.75, 3.05) is 11.4 Å². The molecule has 8 nitrogen and oxygen atoms in total. The van der Waals surface area contributed by atoms with E-state index in [4.69, 9.17) is 4.42 Å². The van der Waals surface area contributed by atoms with Gasteiger partial charge in [0.05, 0.1) is 6.04 Å². The lowest BCUT2D eigenvalue weighted by molar-refractivity contribution is -0.117. The molecule has 2 N–H and O–H groups in total. The third-order valence-corrected chi connectivity index (χ3v) is 3.69. The van der Waals surface area contributed by atoms with Gasteiger partial charge >= 0.3 is 6.03 Å². The molecular weight excluding hydrogens is 300 g/mol. The van der Waals surface area contributed by atoms with Crippen LogP contribution in [0.5, 0.6) is 0 Å². The van der Waals surface area contributed by atoms with Crippen LogP contribution in [0.25, 0.3) is 11.1 Å². The molecule has 8 heteroatoms. The van der Waals surface area contributed by atoms with Crippen molar-refractivity contribution in [1.82, 2.24) is 15.6 Å². The van der Waals surface area contributed by atoms with E-state index in [2.05, 4.69) is 10.3 Å². The molecule has 1 fully saturated rings. The van der Waals surface area contributed by atoms with E-state index >= 15 is 0 Å². The molecule has 0 spiro atoms. The molecule has 4 amide bonds. The first-order chi connectivity index (χ1) is 11.1. The van der Waals surface area contributed by atoms with Gasteiger partial charge in [0, 0.05) is 19.0 Å². The third kappa shape index (κ3) is 3.01. The van der Waals surface area contributed by atoms with Gasteiger partial charge in [-0.15, -0.1) is 0 Å². The Morgan fingerprint density at radius 3 is 3.00 bits per heavy atom. The highest BCUT2D eigenvalue weighted by atomic mass is 16.3. The van der Waals surface area contributed by atoms with Crippen LogP contribution in [0.1, 0.15) is 31.6 Å². The van der Waals surface area contributed by atoms with Crippen molar-refractivity contribution in [3.63, 3.8) is 0 Å². The number of fused-ring (bicyclic) bond motifs is 1. The summed E-state index contributed by atoms with van der Waals surface area (Å²) < 4.78 is 5.66. The van der Waals surface area contributed by atoms with Crippen molar-refractivity contribution < 1.29 is 18.8 Å². The van der Waals surface area contributed by atoms with Crippen molar-refractivity contribution >= 4 is 35.3 Å². The molecule has 2 aromatic heterocycles. The van der Waals surface area contributed by atoms with Crippen LogP contribution in [-0.4, -0.2) is 29.9 Å². The average molecular weight is 316 g/mol. The Labute approximate surface area is 131 Å². The fraction of sp³-hybridized carbons (Fsp3) is 0.333. The first-order valence-electron chi connectivity index (χ1n) is 7.30. The first-order valence-corrected chi connectivity index (χ1v) is 7.30. The molecule has 120 valence electrons. The first kappa shape index (κ1) is 15.0. The summed E-state index contributed by atoms with van der Waals surface area (Å²) in [5.74, 6) is 1.19. The monoisotopic (exact) mass is 316 g/mol. The number of rotatable bonds is 4. The number of pyridine rings is 1. The standard InChI is InChI=1S/C15H16N4O4/c1-9(17-15(22)16-8-20)12-7-10-11(23-12)4-5-13(18-10)19-6-2-3-14(19)21/h4-5,7-9H,2-3,6H2,1H3,(H2,16,17,20,22). The van der Waals surface area contributed by atoms with Crippen LogP contribution in [0.2, 0.25) is 0 Å². The maximum atomic E-state index is 11.8. The minimum absolute atomic E-state index is 0.0705. The van der Waals surface area contributed by atoms with Gasteiger partial charge in [-0.2, -0.15) is 0 Å².